The van der Waals surface area contributed by atoms with E-state index in [1.165, 1.54) is 89.9 Å². The van der Waals surface area contributed by atoms with Crippen molar-refractivity contribution < 1.29 is 9.53 Å². The topological polar surface area (TPSA) is 26.3 Å². The van der Waals surface area contributed by atoms with Gasteiger partial charge in [-0.05, 0) is 19.8 Å². The fourth-order valence-corrected chi connectivity index (χ4v) is 2.84. The standard InChI is InChI=1S/C20H39O2/c1-2-22-20-18-16-14-12-10-8-6-4-3-5-7-9-11-13-15-17-19-21/h2-18,20H2,1H3. The Kier molecular flexibility index (Phi) is 20.3. The number of rotatable bonds is 19. The van der Waals surface area contributed by atoms with Crippen molar-refractivity contribution in [3.8, 4) is 0 Å². The van der Waals surface area contributed by atoms with Gasteiger partial charge in [0.15, 0.2) is 6.29 Å². The molecule has 0 N–H and O–H groups in total. The molecule has 0 bridgehead atoms. The molecule has 0 fully saturated rings. The van der Waals surface area contributed by atoms with E-state index in [9.17, 15) is 4.79 Å². The average molecular weight is 312 g/mol. The smallest absolute Gasteiger partial charge is 0.198 e. The van der Waals surface area contributed by atoms with E-state index in [2.05, 4.69) is 6.92 Å². The highest BCUT2D eigenvalue weighted by atomic mass is 16.5. The maximum atomic E-state index is 10.0. The van der Waals surface area contributed by atoms with Gasteiger partial charge in [0, 0.05) is 19.6 Å². The van der Waals surface area contributed by atoms with E-state index < -0.39 is 0 Å². The zero-order chi connectivity index (χ0) is 16.1. The van der Waals surface area contributed by atoms with Crippen molar-refractivity contribution >= 4 is 6.29 Å². The van der Waals surface area contributed by atoms with Gasteiger partial charge in [-0.2, -0.15) is 0 Å². The highest BCUT2D eigenvalue weighted by Gasteiger charge is 1.94. The minimum Gasteiger partial charge on any atom is -0.382 e. The van der Waals surface area contributed by atoms with Crippen molar-refractivity contribution in [2.45, 2.75) is 110 Å². The number of carbonyl (C=O) groups excluding carboxylic acids is 1. The van der Waals surface area contributed by atoms with E-state index in [-0.39, 0.29) is 0 Å². The Balaban J connectivity index is 2.92. The monoisotopic (exact) mass is 311 g/mol. The minimum absolute atomic E-state index is 0.631. The molecule has 0 spiro atoms. The third-order valence-corrected chi connectivity index (χ3v) is 4.27. The fourth-order valence-electron chi connectivity index (χ4n) is 2.84. The van der Waals surface area contributed by atoms with Crippen LogP contribution in [-0.2, 0) is 9.53 Å². The second kappa shape index (κ2) is 20.6. The zero-order valence-electron chi connectivity index (χ0n) is 15.0. The van der Waals surface area contributed by atoms with Gasteiger partial charge < -0.3 is 4.74 Å². The van der Waals surface area contributed by atoms with Crippen LogP contribution in [0.25, 0.3) is 0 Å². The Morgan fingerprint density at radius 2 is 0.955 bits per heavy atom. The van der Waals surface area contributed by atoms with E-state index in [1.807, 2.05) is 6.29 Å². The second-order valence-corrected chi connectivity index (χ2v) is 6.39. The van der Waals surface area contributed by atoms with Crippen molar-refractivity contribution in [2.75, 3.05) is 13.2 Å². The summed E-state index contributed by atoms with van der Waals surface area (Å²) in [6.45, 7) is 3.87. The van der Waals surface area contributed by atoms with Gasteiger partial charge in [-0.15, -0.1) is 0 Å². The molecule has 22 heavy (non-hydrogen) atoms. The van der Waals surface area contributed by atoms with Gasteiger partial charge in [0.1, 0.15) is 0 Å². The maximum absolute atomic E-state index is 10.0. The first-order chi connectivity index (χ1) is 10.9. The molecule has 0 saturated heterocycles. The first kappa shape index (κ1) is 21.6. The van der Waals surface area contributed by atoms with E-state index in [4.69, 9.17) is 4.74 Å². The van der Waals surface area contributed by atoms with Crippen LogP contribution in [0.1, 0.15) is 110 Å². The van der Waals surface area contributed by atoms with Crippen LogP contribution in [0.3, 0.4) is 0 Å². The lowest BCUT2D eigenvalue weighted by atomic mass is 10.0. The molecule has 0 aromatic carbocycles. The van der Waals surface area contributed by atoms with E-state index in [0.717, 1.165) is 19.6 Å². The summed E-state index contributed by atoms with van der Waals surface area (Å²) in [7, 11) is 0. The highest BCUT2D eigenvalue weighted by molar-refractivity contribution is 5.50. The quantitative estimate of drug-likeness (QED) is 0.259. The zero-order valence-corrected chi connectivity index (χ0v) is 15.0. The summed E-state index contributed by atoms with van der Waals surface area (Å²) in [5, 5.41) is 0. The van der Waals surface area contributed by atoms with E-state index >= 15 is 0 Å². The molecule has 0 aromatic heterocycles. The molecule has 2 heteroatoms. The average Bonchev–Trinajstić information content (AvgIpc) is 2.54. The molecule has 0 rings (SSSR count). The molecule has 0 aliphatic carbocycles. The molecule has 0 atom stereocenters. The summed E-state index contributed by atoms with van der Waals surface area (Å²) >= 11 is 0. The maximum Gasteiger partial charge on any atom is 0.198 e. The van der Waals surface area contributed by atoms with E-state index in [0.29, 0.717) is 6.42 Å². The lowest BCUT2D eigenvalue weighted by Crippen LogP contribution is -1.92. The Bertz CT molecular complexity index is 204. The summed E-state index contributed by atoms with van der Waals surface area (Å²) in [4.78, 5) is 10.0. The predicted octanol–water partition coefficient (Wildman–Crippen LogP) is 6.37. The van der Waals surface area contributed by atoms with Crippen LogP contribution in [0, 0.1) is 0 Å². The molecular weight excluding hydrogens is 272 g/mol. The SMILES string of the molecule is CCOCCCCCCCCCCCCCCCCC[C]=O. The van der Waals surface area contributed by atoms with Crippen LogP contribution in [0.2, 0.25) is 0 Å². The molecule has 0 unspecified atom stereocenters. The molecular formula is C20H39O2. The Morgan fingerprint density at radius 1 is 0.591 bits per heavy atom. The minimum atomic E-state index is 0.631. The third kappa shape index (κ3) is 19.6. The lowest BCUT2D eigenvalue weighted by molar-refractivity contribution is 0.143. The van der Waals surface area contributed by atoms with Gasteiger partial charge in [0.25, 0.3) is 0 Å². The number of unbranched alkanes of at least 4 members (excludes halogenated alkanes) is 15. The first-order valence-electron chi connectivity index (χ1n) is 9.84. The number of hydrogen-bond donors (Lipinski definition) is 0. The Morgan fingerprint density at radius 3 is 1.32 bits per heavy atom. The van der Waals surface area contributed by atoms with Crippen LogP contribution in [0.15, 0.2) is 0 Å². The lowest BCUT2D eigenvalue weighted by Gasteiger charge is -2.03. The van der Waals surface area contributed by atoms with Crippen LogP contribution in [-0.4, -0.2) is 19.5 Å². The van der Waals surface area contributed by atoms with Crippen LogP contribution in [0.5, 0.6) is 0 Å². The largest absolute Gasteiger partial charge is 0.382 e. The van der Waals surface area contributed by atoms with Crippen molar-refractivity contribution in [1.29, 1.82) is 0 Å². The van der Waals surface area contributed by atoms with E-state index in [1.54, 1.807) is 0 Å². The van der Waals surface area contributed by atoms with Crippen molar-refractivity contribution in [2.24, 2.45) is 0 Å². The van der Waals surface area contributed by atoms with Gasteiger partial charge >= 0.3 is 0 Å². The Hall–Kier alpha value is -0.370. The van der Waals surface area contributed by atoms with Gasteiger partial charge in [0.05, 0.1) is 0 Å². The van der Waals surface area contributed by atoms with Crippen LogP contribution in [0.4, 0.5) is 0 Å². The number of hydrogen-bond acceptors (Lipinski definition) is 2. The molecule has 131 valence electrons. The fraction of sp³-hybridized carbons (Fsp3) is 0.950. The van der Waals surface area contributed by atoms with Crippen LogP contribution >= 0.6 is 0 Å². The first-order valence-corrected chi connectivity index (χ1v) is 9.84. The normalized spacial score (nSPS) is 11.0. The van der Waals surface area contributed by atoms with Crippen molar-refractivity contribution in [3.63, 3.8) is 0 Å². The summed E-state index contributed by atoms with van der Waals surface area (Å²) in [5.41, 5.74) is 0. The van der Waals surface area contributed by atoms with Gasteiger partial charge in [-0.3, -0.25) is 4.79 Å². The summed E-state index contributed by atoms with van der Waals surface area (Å²) < 4.78 is 5.34. The molecule has 0 heterocycles. The number of ether oxygens (including phenoxy) is 1. The Labute approximate surface area is 139 Å². The van der Waals surface area contributed by atoms with Gasteiger partial charge in [-0.1, -0.05) is 83.5 Å². The molecule has 0 aliphatic rings. The molecule has 0 saturated carbocycles. The predicted molar refractivity (Wildman–Crippen MR) is 96.1 cm³/mol. The van der Waals surface area contributed by atoms with Crippen molar-refractivity contribution in [1.82, 2.24) is 0 Å². The van der Waals surface area contributed by atoms with Crippen LogP contribution < -0.4 is 0 Å². The molecule has 2 nitrogen and oxygen atoms in total. The highest BCUT2D eigenvalue weighted by Crippen LogP contribution is 2.13. The molecule has 0 amide bonds. The molecule has 0 aromatic rings. The molecule has 1 radical (unpaired) electrons. The molecule has 0 aliphatic heterocycles. The van der Waals surface area contributed by atoms with Gasteiger partial charge in [0.2, 0.25) is 0 Å². The second-order valence-electron chi connectivity index (χ2n) is 6.39. The summed E-state index contributed by atoms with van der Waals surface area (Å²) in [5.74, 6) is 0. The van der Waals surface area contributed by atoms with Crippen molar-refractivity contribution in [3.05, 3.63) is 0 Å². The third-order valence-electron chi connectivity index (χ3n) is 4.27. The summed E-state index contributed by atoms with van der Waals surface area (Å²) in [6, 6.07) is 0. The van der Waals surface area contributed by atoms with Gasteiger partial charge in [-0.25, -0.2) is 0 Å². The summed E-state index contributed by atoms with van der Waals surface area (Å²) in [6.07, 6.45) is 22.7.